The van der Waals surface area contributed by atoms with Gasteiger partial charge in [-0.1, -0.05) is 37.1 Å². The summed E-state index contributed by atoms with van der Waals surface area (Å²) in [4.78, 5) is 26.5. The summed E-state index contributed by atoms with van der Waals surface area (Å²) in [6.07, 6.45) is 3.56. The van der Waals surface area contributed by atoms with Gasteiger partial charge in [-0.2, -0.15) is 0 Å². The first-order valence-electron chi connectivity index (χ1n) is 7.58. The molecule has 0 bridgehead atoms. The second-order valence-electron chi connectivity index (χ2n) is 5.37. The van der Waals surface area contributed by atoms with Crippen molar-refractivity contribution in [2.45, 2.75) is 26.7 Å². The van der Waals surface area contributed by atoms with Crippen LogP contribution in [0.5, 0.6) is 0 Å². The lowest BCUT2D eigenvalue weighted by Gasteiger charge is -2.17. The fourth-order valence-electron chi connectivity index (χ4n) is 2.54. The Balaban J connectivity index is 2.45. The van der Waals surface area contributed by atoms with E-state index < -0.39 is 5.97 Å². The number of allylic oxidation sites excluding steroid dienone is 1. The number of amides is 1. The fourth-order valence-corrected chi connectivity index (χ4v) is 2.67. The summed E-state index contributed by atoms with van der Waals surface area (Å²) in [6, 6.07) is 7.11. The Hall–Kier alpha value is -2.07. The quantitative estimate of drug-likeness (QED) is 0.608. The van der Waals surface area contributed by atoms with Crippen molar-refractivity contribution in [2.24, 2.45) is 0 Å². The maximum Gasteiger partial charge on any atom is 0.340 e. The standard InChI is InChI=1S/C18H20ClNO3/c1-4-5-10-20-12(2)16(18(22)23-3)15(17(20)21)11-13-6-8-14(19)9-7-13/h6-9,11H,4-5,10H2,1-3H3/b15-11-. The van der Waals surface area contributed by atoms with Gasteiger partial charge in [-0.05, 0) is 37.1 Å². The highest BCUT2D eigenvalue weighted by Gasteiger charge is 2.36. The highest BCUT2D eigenvalue weighted by atomic mass is 35.5. The summed E-state index contributed by atoms with van der Waals surface area (Å²) >= 11 is 5.88. The first kappa shape index (κ1) is 17.3. The van der Waals surface area contributed by atoms with Crippen LogP contribution < -0.4 is 0 Å². The van der Waals surface area contributed by atoms with Crippen molar-refractivity contribution in [1.29, 1.82) is 0 Å². The number of unbranched alkanes of at least 4 members (excludes halogenated alkanes) is 1. The van der Waals surface area contributed by atoms with E-state index in [1.165, 1.54) is 7.11 Å². The smallest absolute Gasteiger partial charge is 0.340 e. The Bertz CT molecular complexity index is 674. The number of halogens is 1. The van der Waals surface area contributed by atoms with Gasteiger partial charge >= 0.3 is 5.97 Å². The Morgan fingerprint density at radius 2 is 1.96 bits per heavy atom. The van der Waals surface area contributed by atoms with E-state index in [9.17, 15) is 9.59 Å². The Kier molecular flexibility index (Phi) is 5.61. The minimum absolute atomic E-state index is 0.161. The molecule has 0 fully saturated rings. The van der Waals surface area contributed by atoms with Crippen LogP contribution in [-0.2, 0) is 14.3 Å². The number of methoxy groups -OCH3 is 1. The molecule has 0 saturated heterocycles. The Labute approximate surface area is 141 Å². The first-order chi connectivity index (χ1) is 11.0. The third-order valence-corrected chi connectivity index (χ3v) is 4.07. The van der Waals surface area contributed by atoms with Crippen molar-refractivity contribution in [1.82, 2.24) is 4.90 Å². The number of nitrogens with zero attached hydrogens (tertiary/aromatic N) is 1. The van der Waals surface area contributed by atoms with Crippen molar-refractivity contribution in [3.8, 4) is 0 Å². The van der Waals surface area contributed by atoms with Gasteiger partial charge in [-0.25, -0.2) is 4.79 Å². The summed E-state index contributed by atoms with van der Waals surface area (Å²) in [6.45, 7) is 4.44. The molecule has 1 aromatic rings. The summed E-state index contributed by atoms with van der Waals surface area (Å²) in [5.74, 6) is -0.652. The molecule has 2 rings (SSSR count). The molecule has 0 radical (unpaired) electrons. The highest BCUT2D eigenvalue weighted by Crippen LogP contribution is 2.31. The van der Waals surface area contributed by atoms with Crippen LogP contribution >= 0.6 is 11.6 Å². The number of esters is 1. The van der Waals surface area contributed by atoms with Crippen LogP contribution in [0.1, 0.15) is 32.3 Å². The van der Waals surface area contributed by atoms with E-state index in [-0.39, 0.29) is 5.91 Å². The van der Waals surface area contributed by atoms with Crippen LogP contribution in [0.3, 0.4) is 0 Å². The lowest BCUT2D eigenvalue weighted by atomic mass is 10.0. The third kappa shape index (κ3) is 3.64. The van der Waals surface area contributed by atoms with Crippen molar-refractivity contribution in [3.63, 3.8) is 0 Å². The topological polar surface area (TPSA) is 46.6 Å². The van der Waals surface area contributed by atoms with Crippen molar-refractivity contribution in [2.75, 3.05) is 13.7 Å². The molecule has 0 aliphatic carbocycles. The fraction of sp³-hybridized carbons (Fsp3) is 0.333. The number of carbonyl (C=O) groups is 2. The van der Waals surface area contributed by atoms with Crippen LogP contribution in [0.4, 0.5) is 0 Å². The predicted octanol–water partition coefficient (Wildman–Crippen LogP) is 3.81. The van der Waals surface area contributed by atoms with Gasteiger partial charge in [-0.3, -0.25) is 4.79 Å². The van der Waals surface area contributed by atoms with Crippen molar-refractivity contribution in [3.05, 3.63) is 51.7 Å². The minimum Gasteiger partial charge on any atom is -0.465 e. The SMILES string of the molecule is CCCCN1C(=O)/C(=C\c2ccc(Cl)cc2)C(C(=O)OC)=C1C. The first-order valence-corrected chi connectivity index (χ1v) is 7.96. The zero-order valence-corrected chi connectivity index (χ0v) is 14.3. The molecule has 1 aromatic carbocycles. The molecule has 23 heavy (non-hydrogen) atoms. The van der Waals surface area contributed by atoms with E-state index in [2.05, 4.69) is 6.92 Å². The highest BCUT2D eigenvalue weighted by molar-refractivity contribution is 6.30. The van der Waals surface area contributed by atoms with Crippen LogP contribution in [0.2, 0.25) is 5.02 Å². The van der Waals surface area contributed by atoms with E-state index in [0.29, 0.717) is 28.4 Å². The molecular weight excluding hydrogens is 314 g/mol. The summed E-state index contributed by atoms with van der Waals surface area (Å²) in [5, 5.41) is 0.620. The molecule has 1 aliphatic heterocycles. The normalized spacial score (nSPS) is 16.4. The molecule has 1 amide bonds. The molecule has 0 unspecified atom stereocenters. The van der Waals surface area contributed by atoms with E-state index >= 15 is 0 Å². The molecule has 1 heterocycles. The third-order valence-electron chi connectivity index (χ3n) is 3.82. The molecular formula is C18H20ClNO3. The average molecular weight is 334 g/mol. The lowest BCUT2D eigenvalue weighted by Crippen LogP contribution is -2.26. The van der Waals surface area contributed by atoms with Gasteiger partial charge in [-0.15, -0.1) is 0 Å². The van der Waals surface area contributed by atoms with E-state index in [0.717, 1.165) is 18.4 Å². The van der Waals surface area contributed by atoms with Crippen LogP contribution in [0.15, 0.2) is 41.1 Å². The molecule has 0 aromatic heterocycles. The molecule has 1 aliphatic rings. The number of carbonyl (C=O) groups excluding carboxylic acids is 2. The number of ether oxygens (including phenoxy) is 1. The van der Waals surface area contributed by atoms with Gasteiger partial charge in [0.05, 0.1) is 18.3 Å². The second-order valence-corrected chi connectivity index (χ2v) is 5.81. The van der Waals surface area contributed by atoms with Crippen LogP contribution in [-0.4, -0.2) is 30.4 Å². The molecule has 0 atom stereocenters. The molecule has 0 spiro atoms. The van der Waals surface area contributed by atoms with Gasteiger partial charge in [0.2, 0.25) is 0 Å². The summed E-state index contributed by atoms with van der Waals surface area (Å²) < 4.78 is 4.86. The molecule has 122 valence electrons. The van der Waals surface area contributed by atoms with Gasteiger partial charge in [0.1, 0.15) is 0 Å². The molecule has 4 nitrogen and oxygen atoms in total. The Morgan fingerprint density at radius 3 is 2.52 bits per heavy atom. The number of rotatable bonds is 5. The Morgan fingerprint density at radius 1 is 1.30 bits per heavy atom. The number of benzene rings is 1. The van der Waals surface area contributed by atoms with Crippen molar-refractivity contribution >= 4 is 29.6 Å². The molecule has 5 heteroatoms. The average Bonchev–Trinajstić information content (AvgIpc) is 2.77. The van der Waals surface area contributed by atoms with E-state index in [1.807, 2.05) is 12.1 Å². The maximum absolute atomic E-state index is 12.7. The van der Waals surface area contributed by atoms with Crippen LogP contribution in [0.25, 0.3) is 6.08 Å². The van der Waals surface area contributed by atoms with Gasteiger partial charge in [0.25, 0.3) is 5.91 Å². The van der Waals surface area contributed by atoms with Crippen LogP contribution in [0, 0.1) is 0 Å². The maximum atomic E-state index is 12.7. The van der Waals surface area contributed by atoms with E-state index in [1.54, 1.807) is 30.0 Å². The largest absolute Gasteiger partial charge is 0.465 e. The zero-order valence-electron chi connectivity index (χ0n) is 13.6. The summed E-state index contributed by atoms with van der Waals surface area (Å²) in [7, 11) is 1.32. The zero-order chi connectivity index (χ0) is 17.0. The van der Waals surface area contributed by atoms with E-state index in [4.69, 9.17) is 16.3 Å². The van der Waals surface area contributed by atoms with Crippen molar-refractivity contribution < 1.29 is 14.3 Å². The van der Waals surface area contributed by atoms with Gasteiger partial charge in [0.15, 0.2) is 0 Å². The number of hydrogen-bond acceptors (Lipinski definition) is 3. The number of hydrogen-bond donors (Lipinski definition) is 0. The molecule has 0 N–H and O–H groups in total. The monoisotopic (exact) mass is 333 g/mol. The summed E-state index contributed by atoms with van der Waals surface area (Å²) in [5.41, 5.74) is 2.16. The van der Waals surface area contributed by atoms with Gasteiger partial charge < -0.3 is 9.64 Å². The second kappa shape index (κ2) is 7.47. The lowest BCUT2D eigenvalue weighted by molar-refractivity contribution is -0.136. The molecule has 0 saturated carbocycles. The van der Waals surface area contributed by atoms with Gasteiger partial charge in [0, 0.05) is 17.3 Å². The minimum atomic E-state index is -0.491. The predicted molar refractivity (Wildman–Crippen MR) is 90.8 cm³/mol.